The van der Waals surface area contributed by atoms with Crippen molar-refractivity contribution in [2.24, 2.45) is 0 Å². The third-order valence-corrected chi connectivity index (χ3v) is 6.68. The van der Waals surface area contributed by atoms with Crippen LogP contribution in [-0.2, 0) is 21.4 Å². The predicted molar refractivity (Wildman–Crippen MR) is 100 cm³/mol. The number of carbonyl (C=O) groups is 1. The fraction of sp³-hybridized carbons (Fsp3) is 0.188. The van der Waals surface area contributed by atoms with Crippen molar-refractivity contribution in [2.75, 3.05) is 14.1 Å². The summed E-state index contributed by atoms with van der Waals surface area (Å²) in [5.74, 6) is -0.281. The standard InChI is InChI=1S/C16H17BrN2O3S2/c1-19(2)24(21,22)14-6-4-3-5-12(14)11-18-16(20)10-8-13-7-9-15(17)23-13/h3-10H,11H2,1-2H3,(H,18,20). The molecule has 0 aliphatic rings. The van der Waals surface area contributed by atoms with Crippen LogP contribution >= 0.6 is 27.3 Å². The topological polar surface area (TPSA) is 66.5 Å². The normalized spacial score (nSPS) is 12.0. The summed E-state index contributed by atoms with van der Waals surface area (Å²) in [6.07, 6.45) is 3.15. The molecule has 0 aliphatic carbocycles. The summed E-state index contributed by atoms with van der Waals surface area (Å²) >= 11 is 4.88. The largest absolute Gasteiger partial charge is 0.348 e. The lowest BCUT2D eigenvalue weighted by molar-refractivity contribution is -0.116. The van der Waals surface area contributed by atoms with E-state index in [0.29, 0.717) is 5.56 Å². The SMILES string of the molecule is CN(C)S(=O)(=O)c1ccccc1CNC(=O)C=Cc1ccc(Br)s1. The third kappa shape index (κ3) is 4.76. The molecular formula is C16H17BrN2O3S2. The minimum atomic E-state index is -3.55. The Bertz CT molecular complexity index is 858. The number of hydrogen-bond acceptors (Lipinski definition) is 4. The molecule has 2 aromatic rings. The van der Waals surface area contributed by atoms with Gasteiger partial charge in [-0.3, -0.25) is 4.79 Å². The zero-order valence-corrected chi connectivity index (χ0v) is 16.4. The van der Waals surface area contributed by atoms with E-state index in [2.05, 4.69) is 21.2 Å². The first-order valence-electron chi connectivity index (χ1n) is 7.02. The molecule has 1 N–H and O–H groups in total. The Balaban J connectivity index is 2.07. The van der Waals surface area contributed by atoms with Crippen LogP contribution < -0.4 is 5.32 Å². The maximum absolute atomic E-state index is 12.3. The maximum Gasteiger partial charge on any atom is 0.244 e. The van der Waals surface area contributed by atoms with Gasteiger partial charge in [-0.05, 0) is 45.8 Å². The Hall–Kier alpha value is -1.48. The molecule has 0 bridgehead atoms. The van der Waals surface area contributed by atoms with E-state index in [1.165, 1.54) is 37.6 Å². The van der Waals surface area contributed by atoms with Crippen LogP contribution in [0.25, 0.3) is 6.08 Å². The fourth-order valence-corrected chi connectivity index (χ4v) is 4.36. The Labute approximate surface area is 154 Å². The minimum Gasteiger partial charge on any atom is -0.348 e. The highest BCUT2D eigenvalue weighted by Gasteiger charge is 2.20. The number of halogens is 1. The van der Waals surface area contributed by atoms with Crippen LogP contribution in [0.5, 0.6) is 0 Å². The zero-order chi connectivity index (χ0) is 17.7. The van der Waals surface area contributed by atoms with Gasteiger partial charge in [-0.25, -0.2) is 12.7 Å². The Kier molecular flexibility index (Phi) is 6.34. The van der Waals surface area contributed by atoms with E-state index < -0.39 is 10.0 Å². The molecular weight excluding hydrogens is 412 g/mol. The highest BCUT2D eigenvalue weighted by molar-refractivity contribution is 9.11. The van der Waals surface area contributed by atoms with Gasteiger partial charge in [0.25, 0.3) is 0 Å². The lowest BCUT2D eigenvalue weighted by Crippen LogP contribution is -2.26. The predicted octanol–water partition coefficient (Wildman–Crippen LogP) is 3.09. The van der Waals surface area contributed by atoms with Gasteiger partial charge >= 0.3 is 0 Å². The van der Waals surface area contributed by atoms with E-state index in [1.807, 2.05) is 12.1 Å². The number of sulfonamides is 1. The van der Waals surface area contributed by atoms with E-state index in [1.54, 1.807) is 24.3 Å². The second-order valence-corrected chi connectivity index (χ2v) is 9.70. The summed E-state index contributed by atoms with van der Waals surface area (Å²) in [4.78, 5) is 13.1. The third-order valence-electron chi connectivity index (χ3n) is 3.18. The van der Waals surface area contributed by atoms with Crippen LogP contribution in [-0.4, -0.2) is 32.7 Å². The van der Waals surface area contributed by atoms with Crippen molar-refractivity contribution in [1.29, 1.82) is 0 Å². The molecule has 5 nitrogen and oxygen atoms in total. The van der Waals surface area contributed by atoms with Crippen molar-refractivity contribution in [1.82, 2.24) is 9.62 Å². The van der Waals surface area contributed by atoms with Gasteiger partial charge in [-0.2, -0.15) is 0 Å². The molecule has 0 spiro atoms. The minimum absolute atomic E-state index is 0.139. The van der Waals surface area contributed by atoms with Crippen molar-refractivity contribution in [2.45, 2.75) is 11.4 Å². The summed E-state index contributed by atoms with van der Waals surface area (Å²) < 4.78 is 26.8. The number of rotatable bonds is 6. The first-order chi connectivity index (χ1) is 11.3. The molecule has 1 aromatic heterocycles. The molecule has 1 heterocycles. The molecule has 0 saturated carbocycles. The molecule has 0 atom stereocenters. The molecule has 8 heteroatoms. The molecule has 0 unspecified atom stereocenters. The number of carbonyl (C=O) groups excluding carboxylic acids is 1. The van der Waals surface area contributed by atoms with Crippen LogP contribution in [0, 0.1) is 0 Å². The van der Waals surface area contributed by atoms with Crippen molar-refractivity contribution in [3.05, 3.63) is 56.7 Å². The number of thiophene rings is 1. The monoisotopic (exact) mass is 428 g/mol. The average Bonchev–Trinajstić information content (AvgIpc) is 2.96. The zero-order valence-electron chi connectivity index (χ0n) is 13.2. The van der Waals surface area contributed by atoms with Crippen molar-refractivity contribution < 1.29 is 13.2 Å². The van der Waals surface area contributed by atoms with Crippen LogP contribution in [0.1, 0.15) is 10.4 Å². The summed E-state index contributed by atoms with van der Waals surface area (Å²) in [5, 5.41) is 2.71. The number of nitrogens with zero attached hydrogens (tertiary/aromatic N) is 1. The molecule has 1 amide bonds. The quantitative estimate of drug-likeness (QED) is 0.718. The number of hydrogen-bond donors (Lipinski definition) is 1. The Morgan fingerprint density at radius 2 is 1.96 bits per heavy atom. The highest BCUT2D eigenvalue weighted by atomic mass is 79.9. The van der Waals surface area contributed by atoms with Gasteiger partial charge in [0.05, 0.1) is 8.68 Å². The number of benzene rings is 1. The molecule has 1 aromatic carbocycles. The van der Waals surface area contributed by atoms with Crippen molar-refractivity contribution in [3.8, 4) is 0 Å². The van der Waals surface area contributed by atoms with Crippen LogP contribution in [0.4, 0.5) is 0 Å². The molecule has 24 heavy (non-hydrogen) atoms. The van der Waals surface area contributed by atoms with Gasteiger partial charge in [0.2, 0.25) is 15.9 Å². The van der Waals surface area contributed by atoms with E-state index >= 15 is 0 Å². The van der Waals surface area contributed by atoms with Gasteiger partial charge in [0.15, 0.2) is 0 Å². The molecule has 2 rings (SSSR count). The molecule has 0 saturated heterocycles. The van der Waals surface area contributed by atoms with Gasteiger partial charge in [-0.15, -0.1) is 11.3 Å². The number of amides is 1. The first kappa shape index (κ1) is 18.9. The summed E-state index contributed by atoms with van der Waals surface area (Å²) in [6, 6.07) is 10.4. The summed E-state index contributed by atoms with van der Waals surface area (Å²) in [7, 11) is -0.590. The maximum atomic E-state index is 12.3. The van der Waals surface area contributed by atoms with Gasteiger partial charge in [-0.1, -0.05) is 18.2 Å². The van der Waals surface area contributed by atoms with E-state index in [-0.39, 0.29) is 17.3 Å². The molecule has 0 fully saturated rings. The second kappa shape index (κ2) is 8.06. The lowest BCUT2D eigenvalue weighted by atomic mass is 10.2. The van der Waals surface area contributed by atoms with E-state index in [0.717, 1.165) is 13.0 Å². The highest BCUT2D eigenvalue weighted by Crippen LogP contribution is 2.23. The summed E-state index contributed by atoms with van der Waals surface area (Å²) in [5.41, 5.74) is 0.548. The summed E-state index contributed by atoms with van der Waals surface area (Å²) in [6.45, 7) is 0.139. The number of nitrogens with one attached hydrogen (secondary N) is 1. The van der Waals surface area contributed by atoms with Crippen molar-refractivity contribution in [3.63, 3.8) is 0 Å². The first-order valence-corrected chi connectivity index (χ1v) is 10.1. The van der Waals surface area contributed by atoms with Crippen LogP contribution in [0.3, 0.4) is 0 Å². The lowest BCUT2D eigenvalue weighted by Gasteiger charge is -2.15. The van der Waals surface area contributed by atoms with Gasteiger partial charge < -0.3 is 5.32 Å². The average molecular weight is 429 g/mol. The smallest absolute Gasteiger partial charge is 0.244 e. The second-order valence-electron chi connectivity index (χ2n) is 5.09. The van der Waals surface area contributed by atoms with Crippen LogP contribution in [0.15, 0.2) is 51.2 Å². The fourth-order valence-electron chi connectivity index (χ4n) is 1.92. The van der Waals surface area contributed by atoms with Crippen molar-refractivity contribution >= 4 is 49.3 Å². The van der Waals surface area contributed by atoms with Gasteiger partial charge in [0.1, 0.15) is 0 Å². The molecule has 0 aliphatic heterocycles. The van der Waals surface area contributed by atoms with Gasteiger partial charge in [0, 0.05) is 31.6 Å². The van der Waals surface area contributed by atoms with E-state index in [4.69, 9.17) is 0 Å². The Morgan fingerprint density at radius 1 is 1.25 bits per heavy atom. The molecule has 128 valence electrons. The molecule has 0 radical (unpaired) electrons. The van der Waals surface area contributed by atoms with Crippen LogP contribution in [0.2, 0.25) is 0 Å². The Morgan fingerprint density at radius 3 is 2.58 bits per heavy atom. The van der Waals surface area contributed by atoms with E-state index in [9.17, 15) is 13.2 Å².